The Bertz CT molecular complexity index is 639. The maximum absolute atomic E-state index is 12.2. The van der Waals surface area contributed by atoms with Gasteiger partial charge in [-0.25, -0.2) is 0 Å². The van der Waals surface area contributed by atoms with Gasteiger partial charge in [-0.2, -0.15) is 0 Å². The summed E-state index contributed by atoms with van der Waals surface area (Å²) in [5, 5.41) is 9.11. The standard InChI is InChI=1S/C21H35N5OS/c1-4-22-21(24-17-9-12-26(15-17)20(27)16(2)3)23-14-18(19-8-7-13-28-19)25-10-5-6-11-25/h7-8,13,16-18H,4-6,9-12,14-15H2,1-3H3,(H2,22,23,24). The van der Waals surface area contributed by atoms with Crippen LogP contribution in [-0.2, 0) is 4.79 Å². The van der Waals surface area contributed by atoms with Gasteiger partial charge in [0, 0.05) is 36.5 Å². The molecule has 2 aliphatic heterocycles. The van der Waals surface area contributed by atoms with Crippen molar-refractivity contribution in [1.29, 1.82) is 0 Å². The van der Waals surface area contributed by atoms with Gasteiger partial charge in [0.15, 0.2) is 5.96 Å². The highest BCUT2D eigenvalue weighted by Gasteiger charge is 2.28. The summed E-state index contributed by atoms with van der Waals surface area (Å²) in [5.41, 5.74) is 0. The van der Waals surface area contributed by atoms with Crippen molar-refractivity contribution in [1.82, 2.24) is 20.4 Å². The molecule has 2 unspecified atom stereocenters. The summed E-state index contributed by atoms with van der Waals surface area (Å²) in [4.78, 5) is 23.1. The van der Waals surface area contributed by atoms with Crippen LogP contribution in [-0.4, -0.2) is 67.0 Å². The zero-order chi connectivity index (χ0) is 19.9. The van der Waals surface area contributed by atoms with E-state index in [-0.39, 0.29) is 17.9 Å². The normalized spacial score (nSPS) is 22.1. The molecule has 3 heterocycles. The molecule has 0 aliphatic carbocycles. The molecule has 0 bridgehead atoms. The molecule has 0 aromatic carbocycles. The second kappa shape index (κ2) is 10.3. The number of carbonyl (C=O) groups excluding carboxylic acids is 1. The largest absolute Gasteiger partial charge is 0.357 e. The Morgan fingerprint density at radius 3 is 2.75 bits per heavy atom. The van der Waals surface area contributed by atoms with Crippen LogP contribution in [0.3, 0.4) is 0 Å². The van der Waals surface area contributed by atoms with Crippen molar-refractivity contribution in [3.8, 4) is 0 Å². The third-order valence-corrected chi connectivity index (χ3v) is 6.53. The van der Waals surface area contributed by atoms with Crippen molar-refractivity contribution in [3.63, 3.8) is 0 Å². The summed E-state index contributed by atoms with van der Waals surface area (Å²) in [6.07, 6.45) is 3.54. The van der Waals surface area contributed by atoms with E-state index in [0.29, 0.717) is 6.04 Å². The predicted octanol–water partition coefficient (Wildman–Crippen LogP) is 2.70. The highest BCUT2D eigenvalue weighted by Crippen LogP contribution is 2.28. The van der Waals surface area contributed by atoms with Crippen LogP contribution >= 0.6 is 11.3 Å². The number of guanidine groups is 1. The van der Waals surface area contributed by atoms with Crippen LogP contribution in [0.2, 0.25) is 0 Å². The molecule has 0 saturated carbocycles. The Kier molecular flexibility index (Phi) is 7.73. The van der Waals surface area contributed by atoms with Gasteiger partial charge < -0.3 is 15.5 Å². The molecule has 3 rings (SSSR count). The van der Waals surface area contributed by atoms with E-state index in [1.807, 2.05) is 30.1 Å². The Balaban J connectivity index is 1.62. The Hall–Kier alpha value is -1.60. The van der Waals surface area contributed by atoms with Crippen LogP contribution < -0.4 is 10.6 Å². The average molecular weight is 406 g/mol. The van der Waals surface area contributed by atoms with Crippen LogP contribution in [0, 0.1) is 5.92 Å². The molecular weight excluding hydrogens is 370 g/mol. The number of nitrogens with zero attached hydrogens (tertiary/aromatic N) is 3. The quantitative estimate of drug-likeness (QED) is 0.541. The first kappa shape index (κ1) is 21.1. The first-order valence-corrected chi connectivity index (χ1v) is 11.6. The fourth-order valence-electron chi connectivity index (χ4n) is 4.05. The van der Waals surface area contributed by atoms with Crippen LogP contribution in [0.25, 0.3) is 0 Å². The Morgan fingerprint density at radius 1 is 1.32 bits per heavy atom. The lowest BCUT2D eigenvalue weighted by Gasteiger charge is -2.26. The number of nitrogens with one attached hydrogen (secondary N) is 2. The number of hydrogen-bond acceptors (Lipinski definition) is 4. The molecule has 156 valence electrons. The van der Waals surface area contributed by atoms with Crippen molar-refractivity contribution in [2.75, 3.05) is 39.3 Å². The molecule has 2 atom stereocenters. The molecule has 7 heteroatoms. The zero-order valence-electron chi connectivity index (χ0n) is 17.5. The number of amides is 1. The molecule has 1 aromatic rings. The minimum absolute atomic E-state index is 0.0627. The van der Waals surface area contributed by atoms with Gasteiger partial charge >= 0.3 is 0 Å². The van der Waals surface area contributed by atoms with Crippen molar-refractivity contribution < 1.29 is 4.79 Å². The fourth-order valence-corrected chi connectivity index (χ4v) is 4.91. The lowest BCUT2D eigenvalue weighted by atomic mass is 10.2. The number of aliphatic imine (C=N–C) groups is 1. The highest BCUT2D eigenvalue weighted by atomic mass is 32.1. The number of hydrogen-bond donors (Lipinski definition) is 2. The number of rotatable bonds is 7. The molecule has 2 N–H and O–H groups in total. The summed E-state index contributed by atoms with van der Waals surface area (Å²) in [6, 6.07) is 5.00. The van der Waals surface area contributed by atoms with Crippen molar-refractivity contribution >= 4 is 23.2 Å². The molecule has 0 radical (unpaired) electrons. The van der Waals surface area contributed by atoms with E-state index < -0.39 is 0 Å². The van der Waals surface area contributed by atoms with Crippen LogP contribution in [0.5, 0.6) is 0 Å². The molecule has 0 spiro atoms. The fraction of sp³-hybridized carbons (Fsp3) is 0.714. The van der Waals surface area contributed by atoms with E-state index in [1.54, 1.807) is 0 Å². The average Bonchev–Trinajstić information content (AvgIpc) is 3.44. The van der Waals surface area contributed by atoms with E-state index in [1.165, 1.54) is 17.7 Å². The monoisotopic (exact) mass is 405 g/mol. The van der Waals surface area contributed by atoms with Gasteiger partial charge in [0.25, 0.3) is 0 Å². The molecule has 2 saturated heterocycles. The van der Waals surface area contributed by atoms with Crippen LogP contribution in [0.15, 0.2) is 22.5 Å². The maximum Gasteiger partial charge on any atom is 0.225 e. The molecule has 1 amide bonds. The highest BCUT2D eigenvalue weighted by molar-refractivity contribution is 7.10. The smallest absolute Gasteiger partial charge is 0.225 e. The zero-order valence-corrected chi connectivity index (χ0v) is 18.3. The third-order valence-electron chi connectivity index (χ3n) is 5.55. The second-order valence-electron chi connectivity index (χ2n) is 8.06. The minimum atomic E-state index is 0.0627. The van der Waals surface area contributed by atoms with E-state index in [0.717, 1.165) is 51.6 Å². The van der Waals surface area contributed by atoms with Gasteiger partial charge in [0.2, 0.25) is 5.91 Å². The number of thiophene rings is 1. The molecule has 1 aromatic heterocycles. The third kappa shape index (κ3) is 5.47. The van der Waals surface area contributed by atoms with E-state index in [9.17, 15) is 4.79 Å². The summed E-state index contributed by atoms with van der Waals surface area (Å²) < 4.78 is 0. The first-order chi connectivity index (χ1) is 13.6. The molecule has 28 heavy (non-hydrogen) atoms. The summed E-state index contributed by atoms with van der Waals surface area (Å²) in [6.45, 7) is 11.6. The van der Waals surface area contributed by atoms with Crippen LogP contribution in [0.4, 0.5) is 0 Å². The van der Waals surface area contributed by atoms with Crippen molar-refractivity contribution in [2.24, 2.45) is 10.9 Å². The molecule has 2 aliphatic rings. The van der Waals surface area contributed by atoms with Gasteiger partial charge in [0.1, 0.15) is 0 Å². The number of likely N-dealkylation sites (tertiary alicyclic amines) is 2. The minimum Gasteiger partial charge on any atom is -0.357 e. The second-order valence-corrected chi connectivity index (χ2v) is 9.04. The molecule has 6 nitrogen and oxygen atoms in total. The summed E-state index contributed by atoms with van der Waals surface area (Å²) >= 11 is 1.83. The predicted molar refractivity (Wildman–Crippen MR) is 117 cm³/mol. The van der Waals surface area contributed by atoms with E-state index in [2.05, 4.69) is 40.0 Å². The Morgan fingerprint density at radius 2 is 2.11 bits per heavy atom. The lowest BCUT2D eigenvalue weighted by molar-refractivity contribution is -0.133. The van der Waals surface area contributed by atoms with Gasteiger partial charge in [0.05, 0.1) is 12.6 Å². The summed E-state index contributed by atoms with van der Waals surface area (Å²) in [7, 11) is 0. The van der Waals surface area contributed by atoms with E-state index in [4.69, 9.17) is 4.99 Å². The van der Waals surface area contributed by atoms with Crippen molar-refractivity contribution in [2.45, 2.75) is 52.1 Å². The first-order valence-electron chi connectivity index (χ1n) is 10.7. The molecular formula is C21H35N5OS. The van der Waals surface area contributed by atoms with Gasteiger partial charge in [-0.3, -0.25) is 14.7 Å². The number of carbonyl (C=O) groups is 1. The maximum atomic E-state index is 12.2. The lowest BCUT2D eigenvalue weighted by Crippen LogP contribution is -2.45. The summed E-state index contributed by atoms with van der Waals surface area (Å²) in [5.74, 6) is 1.18. The van der Waals surface area contributed by atoms with Gasteiger partial charge in [-0.15, -0.1) is 11.3 Å². The topological polar surface area (TPSA) is 60.0 Å². The Labute approximate surface area is 173 Å². The van der Waals surface area contributed by atoms with Crippen molar-refractivity contribution in [3.05, 3.63) is 22.4 Å². The van der Waals surface area contributed by atoms with Gasteiger partial charge in [-0.1, -0.05) is 19.9 Å². The molecule has 2 fully saturated rings. The SMILES string of the molecule is CCNC(=NCC(c1cccs1)N1CCCC1)NC1CCN(C(=O)C(C)C)C1. The van der Waals surface area contributed by atoms with E-state index >= 15 is 0 Å². The van der Waals surface area contributed by atoms with Gasteiger partial charge in [-0.05, 0) is 50.7 Å². The van der Waals surface area contributed by atoms with Crippen LogP contribution in [0.1, 0.15) is 51.0 Å².